The number of rotatable bonds is 4. The van der Waals surface area contributed by atoms with Gasteiger partial charge in [0.1, 0.15) is 6.04 Å². The molecule has 1 rings (SSSR count). The molecule has 0 amide bonds. The molecule has 0 saturated carbocycles. The first-order valence-corrected chi connectivity index (χ1v) is 3.95. The Morgan fingerprint density at radius 1 is 1.57 bits per heavy atom. The molecule has 2 N–H and O–H groups in total. The highest BCUT2D eigenvalue weighted by molar-refractivity contribution is 5.79. The number of hydrogen-bond donors (Lipinski definition) is 2. The van der Waals surface area contributed by atoms with Crippen molar-refractivity contribution in [3.63, 3.8) is 0 Å². The van der Waals surface area contributed by atoms with Crippen molar-refractivity contribution in [3.05, 3.63) is 18.2 Å². The number of aromatic nitrogens is 2. The molecule has 1 aromatic heterocycles. The van der Waals surface area contributed by atoms with Gasteiger partial charge >= 0.3 is 11.9 Å². The van der Waals surface area contributed by atoms with Crippen LogP contribution < -0.4 is 0 Å². The minimum absolute atomic E-state index is 0.453. The summed E-state index contributed by atoms with van der Waals surface area (Å²) in [6.45, 7) is 1.70. The van der Waals surface area contributed by atoms with Crippen molar-refractivity contribution in [2.75, 3.05) is 0 Å². The fraction of sp³-hybridized carbons (Fsp3) is 0.375. The molecule has 0 fully saturated rings. The number of carboxylic acids is 2. The molecule has 0 aliphatic carbocycles. The molecule has 76 valence electrons. The number of imidazole rings is 1. The number of carbonyl (C=O) groups is 2. The van der Waals surface area contributed by atoms with Gasteiger partial charge in [0.15, 0.2) is 0 Å². The SMILES string of the molecule is Cc1cn(C(CC(=O)O)C(=O)O)cn1. The van der Waals surface area contributed by atoms with Crippen molar-refractivity contribution >= 4 is 11.9 Å². The Bertz CT molecular complexity index is 358. The monoisotopic (exact) mass is 198 g/mol. The van der Waals surface area contributed by atoms with Crippen LogP contribution in [-0.2, 0) is 9.59 Å². The van der Waals surface area contributed by atoms with E-state index in [-0.39, 0.29) is 0 Å². The smallest absolute Gasteiger partial charge is 0.327 e. The van der Waals surface area contributed by atoms with E-state index in [1.165, 1.54) is 17.1 Å². The van der Waals surface area contributed by atoms with Crippen LogP contribution in [-0.4, -0.2) is 31.7 Å². The van der Waals surface area contributed by atoms with Gasteiger partial charge in [0.2, 0.25) is 0 Å². The molecule has 0 aliphatic heterocycles. The van der Waals surface area contributed by atoms with Crippen LogP contribution in [0.5, 0.6) is 0 Å². The van der Waals surface area contributed by atoms with E-state index in [1.54, 1.807) is 6.92 Å². The van der Waals surface area contributed by atoms with E-state index >= 15 is 0 Å². The molecule has 0 spiro atoms. The maximum absolute atomic E-state index is 10.7. The summed E-state index contributed by atoms with van der Waals surface area (Å²) in [4.78, 5) is 25.0. The normalized spacial score (nSPS) is 12.4. The van der Waals surface area contributed by atoms with Crippen molar-refractivity contribution in [2.45, 2.75) is 19.4 Å². The second-order valence-corrected chi connectivity index (χ2v) is 2.91. The van der Waals surface area contributed by atoms with Crippen LogP contribution >= 0.6 is 0 Å². The minimum Gasteiger partial charge on any atom is -0.481 e. The van der Waals surface area contributed by atoms with Crippen LogP contribution in [0, 0.1) is 6.92 Å². The largest absolute Gasteiger partial charge is 0.481 e. The molecule has 1 unspecified atom stereocenters. The summed E-state index contributed by atoms with van der Waals surface area (Å²) in [6.07, 6.45) is 2.36. The lowest BCUT2D eigenvalue weighted by atomic mass is 10.2. The number of carboxylic acid groups (broad SMARTS) is 2. The van der Waals surface area contributed by atoms with Crippen molar-refractivity contribution in [3.8, 4) is 0 Å². The van der Waals surface area contributed by atoms with Gasteiger partial charge in [0, 0.05) is 6.20 Å². The molecule has 0 aromatic carbocycles. The van der Waals surface area contributed by atoms with Gasteiger partial charge < -0.3 is 14.8 Å². The van der Waals surface area contributed by atoms with Crippen LogP contribution in [0.15, 0.2) is 12.5 Å². The van der Waals surface area contributed by atoms with Crippen LogP contribution in [0.3, 0.4) is 0 Å². The molecule has 0 saturated heterocycles. The van der Waals surface area contributed by atoms with E-state index in [9.17, 15) is 9.59 Å². The summed E-state index contributed by atoms with van der Waals surface area (Å²) in [5.41, 5.74) is 0.654. The van der Waals surface area contributed by atoms with Crippen molar-refractivity contribution in [1.82, 2.24) is 9.55 Å². The van der Waals surface area contributed by atoms with E-state index in [0.29, 0.717) is 5.69 Å². The predicted molar refractivity (Wildman–Crippen MR) is 45.9 cm³/mol. The third-order valence-corrected chi connectivity index (χ3v) is 1.74. The lowest BCUT2D eigenvalue weighted by Crippen LogP contribution is -2.21. The Labute approximate surface area is 79.8 Å². The summed E-state index contributed by atoms with van der Waals surface area (Å²) in [6, 6.07) is -1.09. The molecule has 1 aromatic rings. The zero-order chi connectivity index (χ0) is 10.7. The highest BCUT2D eigenvalue weighted by Crippen LogP contribution is 2.12. The van der Waals surface area contributed by atoms with Crippen LogP contribution in [0.4, 0.5) is 0 Å². The first-order valence-electron chi connectivity index (χ1n) is 3.95. The summed E-state index contributed by atoms with van der Waals surface area (Å²) in [5, 5.41) is 17.3. The summed E-state index contributed by atoms with van der Waals surface area (Å²) in [7, 11) is 0. The van der Waals surface area contributed by atoms with E-state index in [2.05, 4.69) is 4.98 Å². The maximum atomic E-state index is 10.7. The van der Waals surface area contributed by atoms with Gasteiger partial charge in [-0.05, 0) is 6.92 Å². The summed E-state index contributed by atoms with van der Waals surface area (Å²) >= 11 is 0. The minimum atomic E-state index is -1.18. The first kappa shape index (κ1) is 10.2. The van der Waals surface area contributed by atoms with Crippen molar-refractivity contribution in [1.29, 1.82) is 0 Å². The average molecular weight is 198 g/mol. The van der Waals surface area contributed by atoms with Gasteiger partial charge in [-0.15, -0.1) is 0 Å². The van der Waals surface area contributed by atoms with E-state index in [4.69, 9.17) is 10.2 Å². The third kappa shape index (κ3) is 2.32. The molecule has 0 aliphatic rings. The molecule has 0 bridgehead atoms. The number of hydrogen-bond acceptors (Lipinski definition) is 3. The van der Waals surface area contributed by atoms with Gasteiger partial charge in [-0.25, -0.2) is 9.78 Å². The van der Waals surface area contributed by atoms with Gasteiger partial charge in [-0.1, -0.05) is 0 Å². The number of nitrogens with zero attached hydrogens (tertiary/aromatic N) is 2. The Balaban J connectivity index is 2.88. The Hall–Kier alpha value is -1.85. The zero-order valence-electron chi connectivity index (χ0n) is 7.54. The maximum Gasteiger partial charge on any atom is 0.327 e. The van der Waals surface area contributed by atoms with Gasteiger partial charge in [0.25, 0.3) is 0 Å². The lowest BCUT2D eigenvalue weighted by molar-refractivity contribution is -0.147. The Kier molecular flexibility index (Phi) is 2.85. The molecule has 1 atom stereocenters. The second kappa shape index (κ2) is 3.91. The van der Waals surface area contributed by atoms with Crippen molar-refractivity contribution < 1.29 is 19.8 Å². The quantitative estimate of drug-likeness (QED) is 0.725. The predicted octanol–water partition coefficient (Wildman–Crippen LogP) is 0.292. The molecule has 6 nitrogen and oxygen atoms in total. The molecular formula is C8H10N2O4. The fourth-order valence-corrected chi connectivity index (χ4v) is 1.10. The van der Waals surface area contributed by atoms with Crippen LogP contribution in [0.1, 0.15) is 18.2 Å². The number of aliphatic carboxylic acids is 2. The average Bonchev–Trinajstić information content (AvgIpc) is 2.46. The molecule has 1 heterocycles. The molecule has 0 radical (unpaired) electrons. The highest BCUT2D eigenvalue weighted by Gasteiger charge is 2.22. The fourth-order valence-electron chi connectivity index (χ4n) is 1.10. The molecule has 6 heteroatoms. The summed E-state index contributed by atoms with van der Waals surface area (Å²) in [5.74, 6) is -2.33. The lowest BCUT2D eigenvalue weighted by Gasteiger charge is -2.10. The van der Waals surface area contributed by atoms with Gasteiger partial charge in [-0.2, -0.15) is 0 Å². The first-order chi connectivity index (χ1) is 6.50. The van der Waals surface area contributed by atoms with Crippen molar-refractivity contribution in [2.24, 2.45) is 0 Å². The Morgan fingerprint density at radius 3 is 2.57 bits per heavy atom. The molecule has 14 heavy (non-hydrogen) atoms. The zero-order valence-corrected chi connectivity index (χ0v) is 7.54. The Morgan fingerprint density at radius 2 is 2.21 bits per heavy atom. The van der Waals surface area contributed by atoms with E-state index in [0.717, 1.165) is 0 Å². The van der Waals surface area contributed by atoms with Gasteiger partial charge in [-0.3, -0.25) is 4.79 Å². The summed E-state index contributed by atoms with van der Waals surface area (Å²) < 4.78 is 1.28. The molecular weight excluding hydrogens is 188 g/mol. The van der Waals surface area contributed by atoms with Crippen LogP contribution in [0.25, 0.3) is 0 Å². The van der Waals surface area contributed by atoms with Gasteiger partial charge in [0.05, 0.1) is 18.4 Å². The standard InChI is InChI=1S/C8H10N2O4/c1-5-3-10(4-9-5)6(8(13)14)2-7(11)12/h3-4,6H,2H2,1H3,(H,11,12)(H,13,14). The van der Waals surface area contributed by atoms with E-state index < -0.39 is 24.4 Å². The van der Waals surface area contributed by atoms with Crippen LogP contribution in [0.2, 0.25) is 0 Å². The second-order valence-electron chi connectivity index (χ2n) is 2.91. The highest BCUT2D eigenvalue weighted by atomic mass is 16.4. The third-order valence-electron chi connectivity index (χ3n) is 1.74. The topological polar surface area (TPSA) is 92.4 Å². The van der Waals surface area contributed by atoms with E-state index in [1.807, 2.05) is 0 Å². The number of aryl methyl sites for hydroxylation is 1.